The van der Waals surface area contributed by atoms with Crippen LogP contribution in [0.25, 0.3) is 0 Å². The number of amidine groups is 1. The maximum absolute atomic E-state index is 10.1. The molecule has 5 nitrogen and oxygen atoms in total. The molecule has 0 aliphatic carbocycles. The fraction of sp³-hybridized carbons (Fsp3) is 0.600. The van der Waals surface area contributed by atoms with Crippen LogP contribution in [-0.2, 0) is 0 Å². The summed E-state index contributed by atoms with van der Waals surface area (Å²) in [5.41, 5.74) is 0.214. The van der Waals surface area contributed by atoms with Gasteiger partial charge in [0.1, 0.15) is 5.54 Å². The number of nitrogens with one attached hydrogen (secondary N) is 2. The van der Waals surface area contributed by atoms with Crippen LogP contribution in [0.4, 0.5) is 0 Å². The average Bonchev–Trinajstić information content (AvgIpc) is 2.69. The summed E-state index contributed by atoms with van der Waals surface area (Å²) in [4.78, 5) is 6.92. The molecule has 1 aromatic heterocycles. The van der Waals surface area contributed by atoms with Crippen LogP contribution in [0.2, 0.25) is 0 Å². The van der Waals surface area contributed by atoms with Crippen LogP contribution >= 0.6 is 0 Å². The second kappa shape index (κ2) is 2.74. The van der Waals surface area contributed by atoms with Gasteiger partial charge in [-0.05, 0) is 27.7 Å². The molecule has 0 amide bonds. The second-order valence-corrected chi connectivity index (χ2v) is 4.93. The highest BCUT2D eigenvalue weighted by molar-refractivity contribution is 5.94. The predicted octanol–water partition coefficient (Wildman–Crippen LogP) is 0.718. The average molecular weight is 209 g/mol. The third-order valence-corrected chi connectivity index (χ3v) is 3.46. The number of hydroxylamine groups is 1. The van der Waals surface area contributed by atoms with Crippen molar-refractivity contribution in [3.8, 4) is 0 Å². The molecule has 0 saturated carbocycles. The summed E-state index contributed by atoms with van der Waals surface area (Å²) in [7, 11) is 0. The van der Waals surface area contributed by atoms with Crippen LogP contribution in [0, 0.1) is 0 Å². The number of imidazole rings is 1. The van der Waals surface area contributed by atoms with Gasteiger partial charge in [-0.15, -0.1) is 0 Å². The van der Waals surface area contributed by atoms with Gasteiger partial charge in [0.05, 0.1) is 12.5 Å². The number of aromatic amines is 1. The molecule has 2 rings (SSSR count). The molecule has 0 bridgehead atoms. The van der Waals surface area contributed by atoms with E-state index in [1.54, 1.807) is 12.5 Å². The standard InChI is InChI=1S/C10H16N4O/c1-9(2)10(3,4)14(15)8(13-9)7-5-11-6-12-7/h5-6,15H,1-4H3,(H,11,12,13)/p+1. The number of H-pyrrole nitrogens is 1. The Hall–Kier alpha value is -1.52. The fourth-order valence-corrected chi connectivity index (χ4v) is 1.61. The summed E-state index contributed by atoms with van der Waals surface area (Å²) in [5, 5.41) is 13.4. The molecule has 15 heavy (non-hydrogen) atoms. The minimum absolute atomic E-state index is 0.206. The number of rotatable bonds is 1. The summed E-state index contributed by atoms with van der Waals surface area (Å²) in [5.74, 6) is 0.669. The van der Waals surface area contributed by atoms with Crippen LogP contribution in [0.1, 0.15) is 33.4 Å². The predicted molar refractivity (Wildman–Crippen MR) is 56.0 cm³/mol. The molecule has 1 aliphatic rings. The molecule has 0 aromatic carbocycles. The lowest BCUT2D eigenvalue weighted by Gasteiger charge is -2.27. The highest BCUT2D eigenvalue weighted by Crippen LogP contribution is 2.29. The molecular weight excluding hydrogens is 192 g/mol. The van der Waals surface area contributed by atoms with Gasteiger partial charge in [0.2, 0.25) is 0 Å². The van der Waals surface area contributed by atoms with E-state index in [0.29, 0.717) is 5.84 Å². The van der Waals surface area contributed by atoms with Gasteiger partial charge in [-0.1, -0.05) is 4.74 Å². The molecule has 1 aliphatic heterocycles. The van der Waals surface area contributed by atoms with Crippen LogP contribution in [0.5, 0.6) is 0 Å². The third kappa shape index (κ3) is 1.22. The SMILES string of the molecule is CC1(C)NC(c2cnc[nH]2)=[N+](O)C1(C)C. The van der Waals surface area contributed by atoms with Gasteiger partial charge in [0.15, 0.2) is 11.2 Å². The number of aromatic nitrogens is 2. The zero-order valence-corrected chi connectivity index (χ0v) is 9.50. The Morgan fingerprint density at radius 2 is 2.00 bits per heavy atom. The molecule has 0 saturated heterocycles. The van der Waals surface area contributed by atoms with E-state index in [9.17, 15) is 5.21 Å². The molecule has 1 aromatic rings. The number of hydrogen-bond donors (Lipinski definition) is 3. The highest BCUT2D eigenvalue weighted by atomic mass is 16.5. The lowest BCUT2D eigenvalue weighted by Crippen LogP contribution is -2.53. The molecule has 0 atom stereocenters. The quantitative estimate of drug-likeness (QED) is 0.471. The van der Waals surface area contributed by atoms with Gasteiger partial charge in [0, 0.05) is 0 Å². The molecule has 0 fully saturated rings. The van der Waals surface area contributed by atoms with E-state index in [-0.39, 0.29) is 11.1 Å². The van der Waals surface area contributed by atoms with Crippen molar-refractivity contribution in [1.29, 1.82) is 0 Å². The normalized spacial score (nSPS) is 22.9. The monoisotopic (exact) mass is 209 g/mol. The molecule has 82 valence electrons. The lowest BCUT2D eigenvalue weighted by atomic mass is 9.84. The summed E-state index contributed by atoms with van der Waals surface area (Å²) < 4.78 is 1.26. The van der Waals surface area contributed by atoms with Gasteiger partial charge < -0.3 is 10.2 Å². The van der Waals surface area contributed by atoms with Crippen molar-refractivity contribution in [3.05, 3.63) is 18.2 Å². The number of hydrogen-bond acceptors (Lipinski definition) is 3. The zero-order chi connectivity index (χ0) is 11.3. The van der Waals surface area contributed by atoms with Crippen LogP contribution in [0.15, 0.2) is 12.5 Å². The zero-order valence-electron chi connectivity index (χ0n) is 9.50. The first-order valence-corrected chi connectivity index (χ1v) is 4.99. The van der Waals surface area contributed by atoms with Crippen molar-refractivity contribution >= 4 is 5.84 Å². The van der Waals surface area contributed by atoms with Gasteiger partial charge in [-0.3, -0.25) is 5.32 Å². The third-order valence-electron chi connectivity index (χ3n) is 3.46. The van der Waals surface area contributed by atoms with E-state index in [0.717, 1.165) is 5.69 Å². The summed E-state index contributed by atoms with van der Waals surface area (Å²) in [6, 6.07) is 0. The molecule has 2 heterocycles. The van der Waals surface area contributed by atoms with E-state index >= 15 is 0 Å². The Balaban J connectivity index is 2.49. The first kappa shape index (κ1) is 10.0. The van der Waals surface area contributed by atoms with E-state index in [4.69, 9.17) is 0 Å². The van der Waals surface area contributed by atoms with Crippen LogP contribution in [-0.4, -0.2) is 36.8 Å². The Kier molecular flexibility index (Phi) is 1.83. The summed E-state index contributed by atoms with van der Waals surface area (Å²) in [6.45, 7) is 8.09. The summed E-state index contributed by atoms with van der Waals surface area (Å²) >= 11 is 0. The van der Waals surface area contributed by atoms with E-state index in [2.05, 4.69) is 29.1 Å². The Bertz CT molecular complexity index is 403. The maximum Gasteiger partial charge on any atom is 0.335 e. The number of nitrogens with zero attached hydrogens (tertiary/aromatic N) is 2. The van der Waals surface area contributed by atoms with E-state index in [1.165, 1.54) is 4.74 Å². The topological polar surface area (TPSA) is 64.0 Å². The smallest absolute Gasteiger partial charge is 0.335 e. The fourth-order valence-electron chi connectivity index (χ4n) is 1.61. The molecular formula is C10H17N4O+. The maximum atomic E-state index is 10.1. The Labute approximate surface area is 88.8 Å². The minimum atomic E-state index is -0.368. The second-order valence-electron chi connectivity index (χ2n) is 4.93. The summed E-state index contributed by atoms with van der Waals surface area (Å²) in [6.07, 6.45) is 3.28. The largest absolute Gasteiger partial charge is 0.354 e. The van der Waals surface area contributed by atoms with Gasteiger partial charge in [-0.2, -0.15) is 0 Å². The first-order chi connectivity index (χ1) is 6.86. The van der Waals surface area contributed by atoms with Crippen molar-refractivity contribution in [3.63, 3.8) is 0 Å². The van der Waals surface area contributed by atoms with Crippen molar-refractivity contribution in [2.45, 2.75) is 38.8 Å². The molecule has 3 N–H and O–H groups in total. The van der Waals surface area contributed by atoms with Gasteiger partial charge in [0.25, 0.3) is 0 Å². The van der Waals surface area contributed by atoms with Crippen molar-refractivity contribution in [2.75, 3.05) is 0 Å². The molecule has 5 heteroatoms. The Morgan fingerprint density at radius 3 is 2.40 bits per heavy atom. The minimum Gasteiger partial charge on any atom is -0.354 e. The van der Waals surface area contributed by atoms with Crippen LogP contribution in [0.3, 0.4) is 0 Å². The van der Waals surface area contributed by atoms with Crippen molar-refractivity contribution < 1.29 is 9.95 Å². The van der Waals surface area contributed by atoms with Crippen LogP contribution < -0.4 is 5.32 Å². The lowest BCUT2D eigenvalue weighted by molar-refractivity contribution is -0.820. The van der Waals surface area contributed by atoms with Gasteiger partial charge in [-0.25, -0.2) is 4.98 Å². The highest BCUT2D eigenvalue weighted by Gasteiger charge is 2.56. The van der Waals surface area contributed by atoms with Crippen molar-refractivity contribution in [2.24, 2.45) is 0 Å². The molecule has 0 radical (unpaired) electrons. The van der Waals surface area contributed by atoms with E-state index < -0.39 is 0 Å². The van der Waals surface area contributed by atoms with Crippen molar-refractivity contribution in [1.82, 2.24) is 15.3 Å². The van der Waals surface area contributed by atoms with Gasteiger partial charge >= 0.3 is 5.84 Å². The van der Waals surface area contributed by atoms with E-state index in [1.807, 2.05) is 13.8 Å². The Morgan fingerprint density at radius 1 is 1.33 bits per heavy atom. The molecule has 0 unspecified atom stereocenters. The first-order valence-electron chi connectivity index (χ1n) is 4.99. The molecule has 0 spiro atoms.